The maximum absolute atomic E-state index is 11.2. The van der Waals surface area contributed by atoms with E-state index in [4.69, 9.17) is 4.18 Å². The first kappa shape index (κ1) is 14.4. The van der Waals surface area contributed by atoms with Gasteiger partial charge in [0.05, 0.1) is 11.5 Å². The van der Waals surface area contributed by atoms with Crippen molar-refractivity contribution in [3.05, 3.63) is 29.9 Å². The van der Waals surface area contributed by atoms with Crippen LogP contribution in [0, 0.1) is 0 Å². The van der Waals surface area contributed by atoms with Gasteiger partial charge in [-0.2, -0.15) is 0 Å². The van der Waals surface area contributed by atoms with Crippen molar-refractivity contribution in [3.63, 3.8) is 0 Å². The fraction of sp³-hybridized carbons (Fsp3) is 0.583. The van der Waals surface area contributed by atoms with E-state index in [1.54, 1.807) is 13.0 Å². The molecule has 2 unspecified atom stereocenters. The lowest BCUT2D eigenvalue weighted by molar-refractivity contribution is 0.303. The summed E-state index contributed by atoms with van der Waals surface area (Å²) in [6, 6.07) is 0. The van der Waals surface area contributed by atoms with Gasteiger partial charge in [-0.3, -0.25) is 4.18 Å². The third kappa shape index (κ3) is 9.67. The molecule has 0 aromatic heterocycles. The Labute approximate surface area is 95.4 Å². The molecule has 0 saturated heterocycles. The SMILES string of the molecule is C=CC(C)OS(=O)C=C=CCCCCC. The number of unbranched alkanes of at least 4 members (excludes halogenated alkanes) is 3. The summed E-state index contributed by atoms with van der Waals surface area (Å²) in [4.78, 5) is 0. The Morgan fingerprint density at radius 2 is 2.27 bits per heavy atom. The smallest absolute Gasteiger partial charge is 0.190 e. The van der Waals surface area contributed by atoms with Crippen molar-refractivity contribution in [1.82, 2.24) is 0 Å². The summed E-state index contributed by atoms with van der Waals surface area (Å²) in [7, 11) is 0. The summed E-state index contributed by atoms with van der Waals surface area (Å²) in [6.45, 7) is 7.50. The van der Waals surface area contributed by atoms with Gasteiger partial charge < -0.3 is 0 Å². The summed E-state index contributed by atoms with van der Waals surface area (Å²) in [5.74, 6) is 0. The molecule has 0 aromatic carbocycles. The maximum Gasteiger partial charge on any atom is 0.190 e. The van der Waals surface area contributed by atoms with E-state index >= 15 is 0 Å². The lowest BCUT2D eigenvalue weighted by atomic mass is 10.2. The average molecular weight is 228 g/mol. The largest absolute Gasteiger partial charge is 0.279 e. The molecule has 0 radical (unpaired) electrons. The molecular weight excluding hydrogens is 208 g/mol. The highest BCUT2D eigenvalue weighted by atomic mass is 32.2. The van der Waals surface area contributed by atoms with Gasteiger partial charge >= 0.3 is 0 Å². The summed E-state index contributed by atoms with van der Waals surface area (Å²) in [6.07, 6.45) is 7.90. The molecule has 0 spiro atoms. The summed E-state index contributed by atoms with van der Waals surface area (Å²) in [5.41, 5.74) is 2.86. The van der Waals surface area contributed by atoms with Gasteiger partial charge in [0, 0.05) is 0 Å². The molecule has 0 aliphatic rings. The zero-order chi connectivity index (χ0) is 11.5. The zero-order valence-corrected chi connectivity index (χ0v) is 10.4. The third-order valence-electron chi connectivity index (χ3n) is 1.81. The molecule has 0 saturated carbocycles. The van der Waals surface area contributed by atoms with Crippen molar-refractivity contribution < 1.29 is 8.39 Å². The normalized spacial score (nSPS) is 13.7. The van der Waals surface area contributed by atoms with Gasteiger partial charge in [-0.25, -0.2) is 4.21 Å². The van der Waals surface area contributed by atoms with Gasteiger partial charge in [-0.05, 0) is 25.8 Å². The van der Waals surface area contributed by atoms with E-state index in [2.05, 4.69) is 19.2 Å². The molecule has 0 aromatic rings. The van der Waals surface area contributed by atoms with Crippen LogP contribution in [0.4, 0.5) is 0 Å². The Bertz CT molecular complexity index is 252. The van der Waals surface area contributed by atoms with Crippen LogP contribution in [-0.2, 0) is 15.3 Å². The van der Waals surface area contributed by atoms with Crippen LogP contribution in [0.1, 0.15) is 39.5 Å². The van der Waals surface area contributed by atoms with Crippen LogP contribution >= 0.6 is 0 Å². The zero-order valence-electron chi connectivity index (χ0n) is 9.57. The molecule has 0 amide bonds. The van der Waals surface area contributed by atoms with E-state index in [1.165, 1.54) is 18.2 Å². The molecule has 2 nitrogen and oxygen atoms in total. The summed E-state index contributed by atoms with van der Waals surface area (Å²) < 4.78 is 16.2. The second kappa shape index (κ2) is 9.91. The van der Waals surface area contributed by atoms with E-state index in [0.717, 1.165) is 12.8 Å². The molecule has 15 heavy (non-hydrogen) atoms. The van der Waals surface area contributed by atoms with E-state index < -0.39 is 11.1 Å². The van der Waals surface area contributed by atoms with Crippen molar-refractivity contribution in [2.24, 2.45) is 0 Å². The minimum Gasteiger partial charge on any atom is -0.279 e. The van der Waals surface area contributed by atoms with Crippen LogP contribution in [0.25, 0.3) is 0 Å². The molecule has 0 heterocycles. The second-order valence-electron chi connectivity index (χ2n) is 3.28. The summed E-state index contributed by atoms with van der Waals surface area (Å²) >= 11 is -1.40. The second-order valence-corrected chi connectivity index (χ2v) is 4.23. The fourth-order valence-electron chi connectivity index (χ4n) is 0.900. The number of hydrogen-bond donors (Lipinski definition) is 0. The van der Waals surface area contributed by atoms with E-state index in [0.29, 0.717) is 0 Å². The number of rotatable bonds is 8. The maximum atomic E-state index is 11.2. The Balaban J connectivity index is 3.74. The van der Waals surface area contributed by atoms with E-state index in [9.17, 15) is 4.21 Å². The molecule has 0 N–H and O–H groups in total. The monoisotopic (exact) mass is 228 g/mol. The Morgan fingerprint density at radius 3 is 2.87 bits per heavy atom. The molecule has 86 valence electrons. The quantitative estimate of drug-likeness (QED) is 0.361. The van der Waals surface area contributed by atoms with Crippen LogP contribution in [0.2, 0.25) is 0 Å². The molecule has 0 aliphatic carbocycles. The predicted molar refractivity (Wildman–Crippen MR) is 65.7 cm³/mol. The standard InChI is InChI=1S/C12H20O2S/c1-4-6-7-8-9-10-11-15(13)14-12(3)5-2/h5,9,11-12H,2,4,6-8H2,1,3H3. The highest BCUT2D eigenvalue weighted by molar-refractivity contribution is 7.83. The van der Waals surface area contributed by atoms with E-state index in [1.807, 2.05) is 6.08 Å². The highest BCUT2D eigenvalue weighted by Crippen LogP contribution is 2.00. The molecule has 0 fully saturated rings. The van der Waals surface area contributed by atoms with Crippen molar-refractivity contribution in [2.45, 2.75) is 45.6 Å². The van der Waals surface area contributed by atoms with Crippen LogP contribution in [0.3, 0.4) is 0 Å². The Kier molecular flexibility index (Phi) is 9.49. The van der Waals surface area contributed by atoms with Crippen LogP contribution in [0.5, 0.6) is 0 Å². The average Bonchev–Trinajstić information content (AvgIpc) is 2.23. The predicted octanol–water partition coefficient (Wildman–Crippen LogP) is 3.49. The van der Waals surface area contributed by atoms with Gasteiger partial charge in [0.15, 0.2) is 11.1 Å². The number of allylic oxidation sites excluding steroid dienone is 1. The van der Waals surface area contributed by atoms with E-state index in [-0.39, 0.29) is 6.10 Å². The first-order valence-corrected chi connectivity index (χ1v) is 6.45. The number of hydrogen-bond acceptors (Lipinski definition) is 2. The first-order chi connectivity index (χ1) is 7.20. The lowest BCUT2D eigenvalue weighted by Gasteiger charge is -2.01. The molecule has 0 rings (SSSR count). The van der Waals surface area contributed by atoms with Crippen molar-refractivity contribution in [3.8, 4) is 0 Å². The van der Waals surface area contributed by atoms with Gasteiger partial charge in [-0.15, -0.1) is 12.3 Å². The minimum atomic E-state index is -1.40. The molecule has 0 aliphatic heterocycles. The first-order valence-electron chi connectivity index (χ1n) is 5.32. The van der Waals surface area contributed by atoms with Gasteiger partial charge in [0.25, 0.3) is 0 Å². The van der Waals surface area contributed by atoms with Gasteiger partial charge in [0.2, 0.25) is 0 Å². The summed E-state index contributed by atoms with van der Waals surface area (Å²) in [5, 5.41) is 1.44. The van der Waals surface area contributed by atoms with Crippen molar-refractivity contribution in [2.75, 3.05) is 0 Å². The van der Waals surface area contributed by atoms with Crippen LogP contribution in [0.15, 0.2) is 29.9 Å². The third-order valence-corrected chi connectivity index (χ3v) is 2.63. The van der Waals surface area contributed by atoms with Gasteiger partial charge in [0.1, 0.15) is 0 Å². The fourth-order valence-corrected chi connectivity index (χ4v) is 1.54. The molecule has 0 bridgehead atoms. The molecular formula is C12H20O2S. The Hall–Kier alpha value is -0.630. The highest BCUT2D eigenvalue weighted by Gasteiger charge is 1.98. The minimum absolute atomic E-state index is 0.191. The molecule has 3 heteroatoms. The molecule has 2 atom stereocenters. The lowest BCUT2D eigenvalue weighted by Crippen LogP contribution is -2.04. The Morgan fingerprint density at radius 1 is 1.53 bits per heavy atom. The topological polar surface area (TPSA) is 26.3 Å². The van der Waals surface area contributed by atoms with Crippen LogP contribution in [-0.4, -0.2) is 10.3 Å². The van der Waals surface area contributed by atoms with Gasteiger partial charge in [-0.1, -0.05) is 25.8 Å². The van der Waals surface area contributed by atoms with Crippen molar-refractivity contribution >= 4 is 11.1 Å². The van der Waals surface area contributed by atoms with Crippen molar-refractivity contribution in [1.29, 1.82) is 0 Å². The van der Waals surface area contributed by atoms with Crippen LogP contribution < -0.4 is 0 Å².